The van der Waals surface area contributed by atoms with Gasteiger partial charge in [-0.3, -0.25) is 9.69 Å². The molecule has 1 saturated heterocycles. The molecule has 1 aromatic carbocycles. The number of hydrogen-bond acceptors (Lipinski definition) is 5. The molecule has 3 rings (SSSR count). The summed E-state index contributed by atoms with van der Waals surface area (Å²) < 4.78 is 5.38. The number of hydrogen-bond donors (Lipinski definition) is 0. The highest BCUT2D eigenvalue weighted by Crippen LogP contribution is 2.13. The van der Waals surface area contributed by atoms with Gasteiger partial charge in [0.15, 0.2) is 5.82 Å². The summed E-state index contributed by atoms with van der Waals surface area (Å²) in [6, 6.07) is 7.81. The first kappa shape index (κ1) is 18.6. The summed E-state index contributed by atoms with van der Waals surface area (Å²) >= 11 is 0. The first-order chi connectivity index (χ1) is 12.5. The molecule has 0 N–H and O–H groups in total. The molecule has 0 bridgehead atoms. The van der Waals surface area contributed by atoms with Crippen LogP contribution in [0.25, 0.3) is 0 Å². The molecule has 1 amide bonds. The average molecular weight is 356 g/mol. The minimum Gasteiger partial charge on any atom is -0.338 e. The lowest BCUT2D eigenvalue weighted by Gasteiger charge is -2.21. The number of nitrogens with zero attached hydrogens (tertiary/aromatic N) is 4. The summed E-state index contributed by atoms with van der Waals surface area (Å²) in [7, 11) is 0. The summed E-state index contributed by atoms with van der Waals surface area (Å²) in [5.41, 5.74) is 1.88. The topological polar surface area (TPSA) is 62.5 Å². The molecule has 1 aliphatic rings. The van der Waals surface area contributed by atoms with Gasteiger partial charge in [0.05, 0.1) is 6.54 Å². The van der Waals surface area contributed by atoms with Crippen molar-refractivity contribution in [2.45, 2.75) is 40.2 Å². The molecule has 0 spiro atoms. The Labute approximate surface area is 155 Å². The summed E-state index contributed by atoms with van der Waals surface area (Å²) in [5.74, 6) is 2.08. The largest absolute Gasteiger partial charge is 0.338 e. The van der Waals surface area contributed by atoms with E-state index in [0.717, 1.165) is 56.0 Å². The summed E-state index contributed by atoms with van der Waals surface area (Å²) in [6.07, 6.45) is 1.78. The Hall–Kier alpha value is -2.21. The van der Waals surface area contributed by atoms with E-state index in [1.807, 2.05) is 36.1 Å². The van der Waals surface area contributed by atoms with Gasteiger partial charge in [-0.1, -0.05) is 36.7 Å². The van der Waals surface area contributed by atoms with Crippen LogP contribution in [-0.4, -0.2) is 52.0 Å². The molecule has 0 atom stereocenters. The van der Waals surface area contributed by atoms with Gasteiger partial charge in [0.1, 0.15) is 0 Å². The molecule has 0 aliphatic carbocycles. The maximum Gasteiger partial charge on any atom is 0.253 e. The molecular formula is C20H28N4O2. The van der Waals surface area contributed by atoms with Crippen LogP contribution in [0.15, 0.2) is 28.8 Å². The van der Waals surface area contributed by atoms with Crippen molar-refractivity contribution in [3.8, 4) is 0 Å². The van der Waals surface area contributed by atoms with E-state index in [-0.39, 0.29) is 5.91 Å². The first-order valence-corrected chi connectivity index (χ1v) is 9.41. The van der Waals surface area contributed by atoms with E-state index in [4.69, 9.17) is 4.52 Å². The van der Waals surface area contributed by atoms with Crippen molar-refractivity contribution >= 4 is 5.91 Å². The zero-order valence-corrected chi connectivity index (χ0v) is 15.9. The molecule has 1 aromatic heterocycles. The van der Waals surface area contributed by atoms with Crippen LogP contribution in [0.2, 0.25) is 0 Å². The lowest BCUT2D eigenvalue weighted by atomic mass is 10.1. The zero-order valence-electron chi connectivity index (χ0n) is 15.9. The van der Waals surface area contributed by atoms with E-state index in [0.29, 0.717) is 18.4 Å². The number of aromatic nitrogens is 2. The van der Waals surface area contributed by atoms with Crippen LogP contribution in [0.1, 0.15) is 47.9 Å². The Morgan fingerprint density at radius 2 is 2.08 bits per heavy atom. The highest BCUT2D eigenvalue weighted by Gasteiger charge is 2.21. The standard InChI is InChI=1S/C20H28N4O2/c1-15(2)12-18-21-19(26-22-18)14-23-8-5-9-24(11-10-23)20(25)17-7-4-6-16(3)13-17/h4,6-7,13,15H,5,8-12,14H2,1-3H3. The van der Waals surface area contributed by atoms with E-state index < -0.39 is 0 Å². The summed E-state index contributed by atoms with van der Waals surface area (Å²) in [4.78, 5) is 21.5. The van der Waals surface area contributed by atoms with E-state index >= 15 is 0 Å². The fourth-order valence-corrected chi connectivity index (χ4v) is 3.29. The van der Waals surface area contributed by atoms with Gasteiger partial charge in [0, 0.05) is 38.2 Å². The van der Waals surface area contributed by atoms with Crippen molar-refractivity contribution in [3.05, 3.63) is 47.1 Å². The van der Waals surface area contributed by atoms with Crippen LogP contribution in [0.3, 0.4) is 0 Å². The quantitative estimate of drug-likeness (QED) is 0.824. The van der Waals surface area contributed by atoms with E-state index in [9.17, 15) is 4.79 Å². The second-order valence-electron chi connectivity index (χ2n) is 7.49. The van der Waals surface area contributed by atoms with Crippen molar-refractivity contribution in [1.29, 1.82) is 0 Å². The molecule has 140 valence electrons. The smallest absolute Gasteiger partial charge is 0.253 e. The van der Waals surface area contributed by atoms with Gasteiger partial charge in [0.25, 0.3) is 5.91 Å². The monoisotopic (exact) mass is 356 g/mol. The molecular weight excluding hydrogens is 328 g/mol. The van der Waals surface area contributed by atoms with Crippen molar-refractivity contribution in [2.24, 2.45) is 5.92 Å². The molecule has 6 heteroatoms. The fraction of sp³-hybridized carbons (Fsp3) is 0.550. The fourth-order valence-electron chi connectivity index (χ4n) is 3.29. The van der Waals surface area contributed by atoms with Gasteiger partial charge in [-0.05, 0) is 31.4 Å². The van der Waals surface area contributed by atoms with Gasteiger partial charge in [-0.2, -0.15) is 4.98 Å². The van der Waals surface area contributed by atoms with Crippen LogP contribution >= 0.6 is 0 Å². The second kappa shape index (κ2) is 8.45. The number of amides is 1. The van der Waals surface area contributed by atoms with Crippen molar-refractivity contribution in [2.75, 3.05) is 26.2 Å². The minimum atomic E-state index is 0.118. The number of carbonyl (C=O) groups is 1. The molecule has 0 radical (unpaired) electrons. The maximum absolute atomic E-state index is 12.7. The van der Waals surface area contributed by atoms with Crippen LogP contribution in [0.5, 0.6) is 0 Å². The van der Waals surface area contributed by atoms with Crippen LogP contribution in [0, 0.1) is 12.8 Å². The lowest BCUT2D eigenvalue weighted by Crippen LogP contribution is -2.35. The highest BCUT2D eigenvalue weighted by atomic mass is 16.5. The Morgan fingerprint density at radius 1 is 1.23 bits per heavy atom. The number of benzene rings is 1. The Bertz CT molecular complexity index is 741. The average Bonchev–Trinajstić information content (AvgIpc) is 2.89. The van der Waals surface area contributed by atoms with Crippen LogP contribution in [0.4, 0.5) is 0 Å². The Kier molecular flexibility index (Phi) is 6.04. The SMILES string of the molecule is Cc1cccc(C(=O)N2CCCN(Cc3nc(CC(C)C)no3)CC2)c1. The molecule has 2 aromatic rings. The molecule has 0 saturated carbocycles. The number of rotatable bonds is 5. The van der Waals surface area contributed by atoms with Gasteiger partial charge in [-0.15, -0.1) is 0 Å². The molecule has 26 heavy (non-hydrogen) atoms. The first-order valence-electron chi connectivity index (χ1n) is 9.41. The second-order valence-corrected chi connectivity index (χ2v) is 7.49. The van der Waals surface area contributed by atoms with E-state index in [2.05, 4.69) is 28.9 Å². The number of aryl methyl sites for hydroxylation is 1. The third-order valence-electron chi connectivity index (χ3n) is 4.60. The van der Waals surface area contributed by atoms with Crippen LogP contribution in [-0.2, 0) is 13.0 Å². The Balaban J connectivity index is 1.56. The van der Waals surface area contributed by atoms with Crippen molar-refractivity contribution < 1.29 is 9.32 Å². The predicted molar refractivity (Wildman–Crippen MR) is 99.8 cm³/mol. The molecule has 1 aliphatic heterocycles. The normalized spacial score (nSPS) is 16.1. The zero-order chi connectivity index (χ0) is 18.5. The molecule has 0 unspecified atom stereocenters. The minimum absolute atomic E-state index is 0.118. The summed E-state index contributed by atoms with van der Waals surface area (Å²) in [5, 5.41) is 4.06. The molecule has 6 nitrogen and oxygen atoms in total. The third kappa shape index (κ3) is 4.91. The van der Waals surface area contributed by atoms with Crippen molar-refractivity contribution in [3.63, 3.8) is 0 Å². The highest BCUT2D eigenvalue weighted by molar-refractivity contribution is 5.94. The predicted octanol–water partition coefficient (Wildman–Crippen LogP) is 2.92. The molecule has 1 fully saturated rings. The van der Waals surface area contributed by atoms with Gasteiger partial charge < -0.3 is 9.42 Å². The summed E-state index contributed by atoms with van der Waals surface area (Å²) in [6.45, 7) is 10.2. The van der Waals surface area contributed by atoms with Crippen LogP contribution < -0.4 is 0 Å². The third-order valence-corrected chi connectivity index (χ3v) is 4.60. The maximum atomic E-state index is 12.7. The van der Waals surface area contributed by atoms with E-state index in [1.165, 1.54) is 0 Å². The Morgan fingerprint density at radius 3 is 2.85 bits per heavy atom. The number of carbonyl (C=O) groups excluding carboxylic acids is 1. The molecule has 2 heterocycles. The van der Waals surface area contributed by atoms with Gasteiger partial charge in [0.2, 0.25) is 5.89 Å². The van der Waals surface area contributed by atoms with Crippen molar-refractivity contribution in [1.82, 2.24) is 19.9 Å². The van der Waals surface area contributed by atoms with E-state index in [1.54, 1.807) is 0 Å². The van der Waals surface area contributed by atoms with Gasteiger partial charge in [-0.25, -0.2) is 0 Å². The lowest BCUT2D eigenvalue weighted by molar-refractivity contribution is 0.0760. The van der Waals surface area contributed by atoms with Gasteiger partial charge >= 0.3 is 0 Å².